The Kier molecular flexibility index (Phi) is 6.65. The summed E-state index contributed by atoms with van der Waals surface area (Å²) in [6.07, 6.45) is 6.06. The minimum absolute atomic E-state index is 0.178. The van der Waals surface area contributed by atoms with Gasteiger partial charge in [-0.15, -0.1) is 11.6 Å². The van der Waals surface area contributed by atoms with E-state index in [2.05, 4.69) is 45.0 Å². The summed E-state index contributed by atoms with van der Waals surface area (Å²) in [6.45, 7) is 6.67. The first kappa shape index (κ1) is 14.6. The third-order valence-electron chi connectivity index (χ3n) is 3.57. The lowest BCUT2D eigenvalue weighted by Gasteiger charge is -2.21. The van der Waals surface area contributed by atoms with E-state index in [-0.39, 0.29) is 5.38 Å². The average Bonchev–Trinajstić information content (AvgIpc) is 2.39. The minimum atomic E-state index is 0.178. The minimum Gasteiger partial charge on any atom is -0.118 e. The summed E-state index contributed by atoms with van der Waals surface area (Å²) >= 11 is 6.60. The highest BCUT2D eigenvalue weighted by Gasteiger charge is 2.18. The van der Waals surface area contributed by atoms with E-state index < -0.39 is 0 Å². The Morgan fingerprint density at radius 2 is 1.71 bits per heavy atom. The van der Waals surface area contributed by atoms with E-state index in [1.54, 1.807) is 0 Å². The van der Waals surface area contributed by atoms with E-state index in [9.17, 15) is 0 Å². The Morgan fingerprint density at radius 3 is 2.18 bits per heavy atom. The summed E-state index contributed by atoms with van der Waals surface area (Å²) in [6, 6.07) is 8.81. The van der Waals surface area contributed by atoms with Crippen LogP contribution in [-0.2, 0) is 6.42 Å². The van der Waals surface area contributed by atoms with Gasteiger partial charge in [0.25, 0.3) is 0 Å². The van der Waals surface area contributed by atoms with Gasteiger partial charge in [0.2, 0.25) is 0 Å². The molecule has 0 amide bonds. The van der Waals surface area contributed by atoms with Gasteiger partial charge in [-0.05, 0) is 29.9 Å². The summed E-state index contributed by atoms with van der Waals surface area (Å²) in [7, 11) is 0. The van der Waals surface area contributed by atoms with Gasteiger partial charge in [0.15, 0.2) is 0 Å². The molecule has 1 aromatic carbocycles. The fourth-order valence-electron chi connectivity index (χ4n) is 2.23. The molecule has 0 saturated heterocycles. The zero-order chi connectivity index (χ0) is 12.7. The predicted octanol–water partition coefficient (Wildman–Crippen LogP) is 5.75. The van der Waals surface area contributed by atoms with Crippen LogP contribution in [-0.4, -0.2) is 0 Å². The monoisotopic (exact) mass is 252 g/mol. The van der Waals surface area contributed by atoms with Gasteiger partial charge in [-0.2, -0.15) is 0 Å². The molecule has 0 N–H and O–H groups in total. The molecule has 96 valence electrons. The fraction of sp³-hybridized carbons (Fsp3) is 0.625. The normalized spacial score (nSPS) is 14.6. The molecule has 0 saturated carbocycles. The van der Waals surface area contributed by atoms with E-state index in [1.165, 1.54) is 36.8 Å². The summed E-state index contributed by atoms with van der Waals surface area (Å²) in [4.78, 5) is 0. The molecule has 0 fully saturated rings. The van der Waals surface area contributed by atoms with Crippen molar-refractivity contribution >= 4 is 11.6 Å². The number of rotatable bonds is 7. The van der Waals surface area contributed by atoms with Crippen LogP contribution >= 0.6 is 11.6 Å². The third kappa shape index (κ3) is 4.35. The van der Waals surface area contributed by atoms with Crippen molar-refractivity contribution < 1.29 is 0 Å². The molecular formula is C16H25Cl. The van der Waals surface area contributed by atoms with Crippen LogP contribution in [0.4, 0.5) is 0 Å². The topological polar surface area (TPSA) is 0 Å². The highest BCUT2D eigenvalue weighted by atomic mass is 35.5. The maximum Gasteiger partial charge on any atom is 0.0613 e. The average molecular weight is 253 g/mol. The molecule has 2 unspecified atom stereocenters. The van der Waals surface area contributed by atoms with Gasteiger partial charge in [-0.3, -0.25) is 0 Å². The van der Waals surface area contributed by atoms with E-state index in [0.717, 1.165) is 6.42 Å². The maximum atomic E-state index is 6.60. The van der Waals surface area contributed by atoms with E-state index in [4.69, 9.17) is 11.6 Å². The van der Waals surface area contributed by atoms with E-state index in [0.29, 0.717) is 5.92 Å². The smallest absolute Gasteiger partial charge is 0.0613 e. The molecule has 0 aromatic heterocycles. The zero-order valence-corrected chi connectivity index (χ0v) is 12.1. The number of unbranched alkanes of at least 4 members (excludes halogenated alkanes) is 1. The highest BCUT2D eigenvalue weighted by molar-refractivity contribution is 6.21. The highest BCUT2D eigenvalue weighted by Crippen LogP contribution is 2.34. The summed E-state index contributed by atoms with van der Waals surface area (Å²) in [5.74, 6) is 0.615. The van der Waals surface area contributed by atoms with Gasteiger partial charge in [-0.25, -0.2) is 0 Å². The molecule has 0 aliphatic carbocycles. The van der Waals surface area contributed by atoms with Crippen molar-refractivity contribution in [2.75, 3.05) is 0 Å². The second kappa shape index (κ2) is 7.76. The number of hydrogen-bond acceptors (Lipinski definition) is 0. The zero-order valence-electron chi connectivity index (χ0n) is 11.4. The van der Waals surface area contributed by atoms with Crippen LogP contribution in [0.15, 0.2) is 24.3 Å². The van der Waals surface area contributed by atoms with Crippen LogP contribution in [0.3, 0.4) is 0 Å². The van der Waals surface area contributed by atoms with Crippen molar-refractivity contribution in [3.63, 3.8) is 0 Å². The predicted molar refractivity (Wildman–Crippen MR) is 77.7 cm³/mol. The number of halogens is 1. The van der Waals surface area contributed by atoms with E-state index in [1.807, 2.05) is 0 Å². The molecule has 0 spiro atoms. The van der Waals surface area contributed by atoms with Crippen molar-refractivity contribution in [1.82, 2.24) is 0 Å². The molecular weight excluding hydrogens is 228 g/mol. The number of aryl methyl sites for hydroxylation is 1. The van der Waals surface area contributed by atoms with Gasteiger partial charge in [0.05, 0.1) is 5.38 Å². The van der Waals surface area contributed by atoms with Crippen molar-refractivity contribution in [3.05, 3.63) is 35.4 Å². The van der Waals surface area contributed by atoms with Crippen molar-refractivity contribution in [1.29, 1.82) is 0 Å². The molecule has 2 atom stereocenters. The fourth-order valence-corrected chi connectivity index (χ4v) is 2.68. The lowest BCUT2D eigenvalue weighted by molar-refractivity contribution is 0.437. The van der Waals surface area contributed by atoms with Gasteiger partial charge in [0.1, 0.15) is 0 Å². The van der Waals surface area contributed by atoms with Crippen molar-refractivity contribution in [2.45, 2.75) is 58.3 Å². The Balaban J connectivity index is 2.67. The number of benzene rings is 1. The summed E-state index contributed by atoms with van der Waals surface area (Å²) in [5, 5.41) is 0.178. The molecule has 0 bridgehead atoms. The second-order valence-electron chi connectivity index (χ2n) is 4.81. The molecule has 0 radical (unpaired) electrons. The van der Waals surface area contributed by atoms with Crippen molar-refractivity contribution in [3.8, 4) is 0 Å². The molecule has 1 aromatic rings. The number of hydrogen-bond donors (Lipinski definition) is 0. The second-order valence-corrected chi connectivity index (χ2v) is 5.28. The molecule has 0 nitrogen and oxygen atoms in total. The van der Waals surface area contributed by atoms with Crippen LogP contribution in [0.25, 0.3) is 0 Å². The summed E-state index contributed by atoms with van der Waals surface area (Å²) in [5.41, 5.74) is 2.67. The largest absolute Gasteiger partial charge is 0.118 e. The summed E-state index contributed by atoms with van der Waals surface area (Å²) < 4.78 is 0. The molecule has 0 aliphatic heterocycles. The first-order chi connectivity index (χ1) is 8.22. The van der Waals surface area contributed by atoms with E-state index >= 15 is 0 Å². The molecule has 1 heteroatoms. The van der Waals surface area contributed by atoms with Crippen molar-refractivity contribution in [2.24, 2.45) is 5.92 Å². The van der Waals surface area contributed by atoms with Crippen LogP contribution in [0.1, 0.15) is 63.0 Å². The Morgan fingerprint density at radius 1 is 1.06 bits per heavy atom. The van der Waals surface area contributed by atoms with Crippen LogP contribution < -0.4 is 0 Å². The Hall–Kier alpha value is -0.490. The Bertz CT molecular complexity index is 302. The van der Waals surface area contributed by atoms with Crippen LogP contribution in [0.2, 0.25) is 0 Å². The van der Waals surface area contributed by atoms with Gasteiger partial charge >= 0.3 is 0 Å². The Labute approximate surface area is 111 Å². The van der Waals surface area contributed by atoms with Gasteiger partial charge in [-0.1, -0.05) is 64.3 Å². The molecule has 1 rings (SSSR count). The quantitative estimate of drug-likeness (QED) is 0.543. The molecule has 0 aliphatic rings. The SMILES string of the molecule is CCCCC(CC)C(Cl)c1ccc(CC)cc1. The number of alkyl halides is 1. The first-order valence-electron chi connectivity index (χ1n) is 6.95. The van der Waals surface area contributed by atoms with Crippen LogP contribution in [0.5, 0.6) is 0 Å². The van der Waals surface area contributed by atoms with Gasteiger partial charge < -0.3 is 0 Å². The standard InChI is InChI=1S/C16H25Cl/c1-4-7-8-14(6-3)16(17)15-11-9-13(5-2)10-12-15/h9-12,14,16H,4-8H2,1-3H3. The first-order valence-corrected chi connectivity index (χ1v) is 7.39. The van der Waals surface area contributed by atoms with Crippen LogP contribution in [0, 0.1) is 5.92 Å². The lowest BCUT2D eigenvalue weighted by Crippen LogP contribution is -2.07. The molecule has 0 heterocycles. The lowest BCUT2D eigenvalue weighted by atomic mass is 9.91. The molecule has 17 heavy (non-hydrogen) atoms. The van der Waals surface area contributed by atoms with Gasteiger partial charge in [0, 0.05) is 0 Å². The maximum absolute atomic E-state index is 6.60. The third-order valence-corrected chi connectivity index (χ3v) is 4.18.